The van der Waals surface area contributed by atoms with Gasteiger partial charge in [-0.15, -0.1) is 0 Å². The van der Waals surface area contributed by atoms with Gasteiger partial charge < -0.3 is 4.74 Å². The maximum Gasteiger partial charge on any atom is 0.119 e. The number of benzene rings is 2. The van der Waals surface area contributed by atoms with Gasteiger partial charge in [-0.25, -0.2) is 0 Å². The molecule has 2 aliphatic carbocycles. The lowest BCUT2D eigenvalue weighted by Gasteiger charge is -2.42. The highest BCUT2D eigenvalue weighted by atomic mass is 16.5. The Balaban J connectivity index is 1.37. The number of rotatable bonds is 7. The Bertz CT molecular complexity index is 773. The van der Waals surface area contributed by atoms with E-state index in [1.54, 1.807) is 11.6 Å². The van der Waals surface area contributed by atoms with Crippen LogP contribution in [0.4, 0.5) is 0 Å². The minimum Gasteiger partial charge on any atom is -0.490 e. The number of ether oxygens (including phenoxy) is 1. The summed E-state index contributed by atoms with van der Waals surface area (Å²) in [6.07, 6.45) is 13.3. The predicted molar refractivity (Wildman–Crippen MR) is 123 cm³/mol. The molecule has 2 aromatic carbocycles. The second kappa shape index (κ2) is 9.65. The standard InChI is InChI=1S/C28H36O/c1-3-5-21-6-7-27-20-26(13-12-25(27)19-21)24-10-8-22(9-11-24)23-14-16-28(17-15-23)29-18-4-2/h4,8-11,14-17,21,25-27H,2-3,5-7,12-13,18-20H2,1H3/t21?,25-,26-,27-/m1/s1. The Labute approximate surface area is 177 Å². The average Bonchev–Trinajstić information content (AvgIpc) is 2.78. The lowest BCUT2D eigenvalue weighted by Crippen LogP contribution is -2.30. The molecule has 0 amide bonds. The SMILES string of the molecule is C=CCOc1ccc(-c2ccc([C@@H]3CC[C@@H]4CC(CCC)CC[C@@H]4C3)cc2)cc1. The summed E-state index contributed by atoms with van der Waals surface area (Å²) in [7, 11) is 0. The molecule has 2 aromatic rings. The van der Waals surface area contributed by atoms with Crippen LogP contribution in [-0.2, 0) is 0 Å². The summed E-state index contributed by atoms with van der Waals surface area (Å²) in [5.74, 6) is 4.67. The van der Waals surface area contributed by atoms with E-state index in [1.807, 2.05) is 12.1 Å². The summed E-state index contributed by atoms with van der Waals surface area (Å²) in [6.45, 7) is 6.59. The van der Waals surface area contributed by atoms with E-state index in [2.05, 4.69) is 49.9 Å². The molecular weight excluding hydrogens is 352 g/mol. The number of fused-ring (bicyclic) bond motifs is 1. The summed E-state index contributed by atoms with van der Waals surface area (Å²) < 4.78 is 5.59. The van der Waals surface area contributed by atoms with Crippen LogP contribution in [0.5, 0.6) is 5.75 Å². The minimum absolute atomic E-state index is 0.552. The molecule has 0 aliphatic heterocycles. The second-order valence-electron chi connectivity index (χ2n) is 9.24. The van der Waals surface area contributed by atoms with Gasteiger partial charge in [-0.2, -0.15) is 0 Å². The molecule has 0 N–H and O–H groups in total. The smallest absolute Gasteiger partial charge is 0.119 e. The molecule has 154 valence electrons. The number of hydrogen-bond donors (Lipinski definition) is 0. The highest BCUT2D eigenvalue weighted by molar-refractivity contribution is 5.64. The maximum atomic E-state index is 5.59. The van der Waals surface area contributed by atoms with Crippen molar-refractivity contribution >= 4 is 0 Å². The quantitative estimate of drug-likeness (QED) is 0.436. The molecule has 1 heteroatoms. The van der Waals surface area contributed by atoms with Gasteiger partial charge in [-0.1, -0.05) is 75.2 Å². The Morgan fingerprint density at radius 2 is 1.52 bits per heavy atom. The van der Waals surface area contributed by atoms with Crippen molar-refractivity contribution < 1.29 is 4.74 Å². The Morgan fingerprint density at radius 3 is 2.21 bits per heavy atom. The molecule has 2 saturated carbocycles. The van der Waals surface area contributed by atoms with Gasteiger partial charge in [-0.3, -0.25) is 0 Å². The molecule has 0 saturated heterocycles. The topological polar surface area (TPSA) is 9.23 Å². The molecule has 1 unspecified atom stereocenters. The molecule has 0 heterocycles. The minimum atomic E-state index is 0.552. The molecule has 0 spiro atoms. The first-order valence-electron chi connectivity index (χ1n) is 11.7. The van der Waals surface area contributed by atoms with Crippen LogP contribution in [0.3, 0.4) is 0 Å². The Morgan fingerprint density at radius 1 is 0.862 bits per heavy atom. The van der Waals surface area contributed by atoms with E-state index in [-0.39, 0.29) is 0 Å². The van der Waals surface area contributed by atoms with Gasteiger partial charge in [0.05, 0.1) is 0 Å². The molecule has 4 rings (SSSR count). The molecule has 0 radical (unpaired) electrons. The van der Waals surface area contributed by atoms with Gasteiger partial charge in [-0.05, 0) is 84.6 Å². The maximum absolute atomic E-state index is 5.59. The van der Waals surface area contributed by atoms with Crippen molar-refractivity contribution in [2.24, 2.45) is 17.8 Å². The highest BCUT2D eigenvalue weighted by Crippen LogP contribution is 2.48. The summed E-state index contributed by atoms with van der Waals surface area (Å²) in [6, 6.07) is 17.8. The Hall–Kier alpha value is -2.02. The van der Waals surface area contributed by atoms with Crippen LogP contribution in [0, 0.1) is 17.8 Å². The third kappa shape index (κ3) is 4.94. The normalized spacial score (nSPS) is 26.5. The van der Waals surface area contributed by atoms with Crippen LogP contribution in [-0.4, -0.2) is 6.61 Å². The zero-order chi connectivity index (χ0) is 20.1. The van der Waals surface area contributed by atoms with E-state index in [0.717, 1.165) is 29.4 Å². The van der Waals surface area contributed by atoms with Crippen LogP contribution in [0.1, 0.15) is 69.8 Å². The fourth-order valence-corrected chi connectivity index (χ4v) is 5.81. The molecule has 1 nitrogen and oxygen atoms in total. The van der Waals surface area contributed by atoms with Crippen LogP contribution < -0.4 is 4.74 Å². The van der Waals surface area contributed by atoms with Crippen LogP contribution in [0.25, 0.3) is 11.1 Å². The highest BCUT2D eigenvalue weighted by Gasteiger charge is 2.35. The molecule has 4 atom stereocenters. The zero-order valence-corrected chi connectivity index (χ0v) is 18.0. The third-order valence-electron chi connectivity index (χ3n) is 7.36. The van der Waals surface area contributed by atoms with E-state index in [1.165, 1.54) is 62.5 Å². The van der Waals surface area contributed by atoms with Gasteiger partial charge in [0.15, 0.2) is 0 Å². The van der Waals surface area contributed by atoms with E-state index in [9.17, 15) is 0 Å². The largest absolute Gasteiger partial charge is 0.490 e. The van der Waals surface area contributed by atoms with Crippen LogP contribution in [0.15, 0.2) is 61.2 Å². The zero-order valence-electron chi connectivity index (χ0n) is 18.0. The van der Waals surface area contributed by atoms with Gasteiger partial charge in [0.1, 0.15) is 12.4 Å². The van der Waals surface area contributed by atoms with Gasteiger partial charge >= 0.3 is 0 Å². The lowest BCUT2D eigenvalue weighted by atomic mass is 9.63. The molecule has 2 aliphatic rings. The van der Waals surface area contributed by atoms with E-state index in [4.69, 9.17) is 4.74 Å². The van der Waals surface area contributed by atoms with Crippen LogP contribution >= 0.6 is 0 Å². The molecule has 0 bridgehead atoms. The van der Waals surface area contributed by atoms with Crippen molar-refractivity contribution in [3.63, 3.8) is 0 Å². The first-order chi connectivity index (χ1) is 14.3. The lowest BCUT2D eigenvalue weighted by molar-refractivity contribution is 0.114. The third-order valence-corrected chi connectivity index (χ3v) is 7.36. The molecule has 29 heavy (non-hydrogen) atoms. The predicted octanol–water partition coefficient (Wildman–Crippen LogP) is 8.02. The van der Waals surface area contributed by atoms with Crippen molar-refractivity contribution in [1.29, 1.82) is 0 Å². The fraction of sp³-hybridized carbons (Fsp3) is 0.500. The van der Waals surface area contributed by atoms with Crippen molar-refractivity contribution in [3.8, 4) is 16.9 Å². The van der Waals surface area contributed by atoms with Crippen molar-refractivity contribution in [3.05, 3.63) is 66.7 Å². The summed E-state index contributed by atoms with van der Waals surface area (Å²) in [5.41, 5.74) is 4.09. The monoisotopic (exact) mass is 388 g/mol. The first-order valence-corrected chi connectivity index (χ1v) is 11.7. The summed E-state index contributed by atoms with van der Waals surface area (Å²) >= 11 is 0. The first kappa shape index (κ1) is 20.3. The second-order valence-corrected chi connectivity index (χ2v) is 9.24. The van der Waals surface area contributed by atoms with E-state index >= 15 is 0 Å². The van der Waals surface area contributed by atoms with Crippen molar-refractivity contribution in [1.82, 2.24) is 0 Å². The van der Waals surface area contributed by atoms with Gasteiger partial charge in [0.25, 0.3) is 0 Å². The van der Waals surface area contributed by atoms with Crippen LogP contribution in [0.2, 0.25) is 0 Å². The van der Waals surface area contributed by atoms with Gasteiger partial charge in [0.2, 0.25) is 0 Å². The molecular formula is C28H36O. The fourth-order valence-electron chi connectivity index (χ4n) is 5.81. The number of hydrogen-bond acceptors (Lipinski definition) is 1. The average molecular weight is 389 g/mol. The Kier molecular flexibility index (Phi) is 6.74. The van der Waals surface area contributed by atoms with Gasteiger partial charge in [0, 0.05) is 0 Å². The van der Waals surface area contributed by atoms with E-state index in [0.29, 0.717) is 6.61 Å². The van der Waals surface area contributed by atoms with Crippen molar-refractivity contribution in [2.75, 3.05) is 6.61 Å². The molecule has 0 aromatic heterocycles. The van der Waals surface area contributed by atoms with E-state index < -0.39 is 0 Å². The van der Waals surface area contributed by atoms with Crippen molar-refractivity contribution in [2.45, 2.75) is 64.2 Å². The summed E-state index contributed by atoms with van der Waals surface area (Å²) in [4.78, 5) is 0. The molecule has 2 fully saturated rings. The summed E-state index contributed by atoms with van der Waals surface area (Å²) in [5, 5.41) is 0.